The summed E-state index contributed by atoms with van der Waals surface area (Å²) < 4.78 is 7.36. The van der Waals surface area contributed by atoms with E-state index in [4.69, 9.17) is 10.5 Å². The zero-order valence-corrected chi connectivity index (χ0v) is 11.7. The van der Waals surface area contributed by atoms with E-state index >= 15 is 0 Å². The number of nitrogens with two attached hydrogens (primary N) is 1. The van der Waals surface area contributed by atoms with Crippen LogP contribution in [0.25, 0.3) is 5.69 Å². The third-order valence-electron chi connectivity index (χ3n) is 3.73. The van der Waals surface area contributed by atoms with Crippen LogP contribution in [0.15, 0.2) is 36.5 Å². The molecule has 1 aliphatic rings. The lowest BCUT2D eigenvalue weighted by Crippen LogP contribution is -2.27. The van der Waals surface area contributed by atoms with Gasteiger partial charge in [-0.2, -0.15) is 5.10 Å². The van der Waals surface area contributed by atoms with Gasteiger partial charge in [-0.3, -0.25) is 4.90 Å². The maximum atomic E-state index is 5.96. The zero-order valence-electron chi connectivity index (χ0n) is 11.7. The predicted octanol–water partition coefficient (Wildman–Crippen LogP) is 1.41. The van der Waals surface area contributed by atoms with E-state index in [1.165, 1.54) is 0 Å². The third-order valence-corrected chi connectivity index (χ3v) is 3.73. The average Bonchev–Trinajstić information content (AvgIpc) is 3.08. The van der Waals surface area contributed by atoms with Crippen LogP contribution < -0.4 is 10.5 Å². The predicted molar refractivity (Wildman–Crippen MR) is 78.0 cm³/mol. The van der Waals surface area contributed by atoms with Crippen LogP contribution in [0.2, 0.25) is 0 Å². The van der Waals surface area contributed by atoms with Gasteiger partial charge in [0.05, 0.1) is 12.8 Å². The number of para-hydroxylation sites is 2. The molecule has 5 nitrogen and oxygen atoms in total. The lowest BCUT2D eigenvalue weighted by atomic mass is 10.3. The molecule has 0 aliphatic carbocycles. The number of benzene rings is 1. The van der Waals surface area contributed by atoms with E-state index in [9.17, 15) is 0 Å². The van der Waals surface area contributed by atoms with Gasteiger partial charge in [-0.25, -0.2) is 4.68 Å². The van der Waals surface area contributed by atoms with Gasteiger partial charge in [0.15, 0.2) is 0 Å². The van der Waals surface area contributed by atoms with Crippen LogP contribution in [0.3, 0.4) is 0 Å². The Labute approximate surface area is 118 Å². The van der Waals surface area contributed by atoms with Crippen molar-refractivity contribution in [2.45, 2.75) is 19.0 Å². The van der Waals surface area contributed by atoms with E-state index in [2.05, 4.69) is 16.1 Å². The summed E-state index contributed by atoms with van der Waals surface area (Å²) in [5.41, 5.74) is 8.09. The Kier molecular flexibility index (Phi) is 3.71. The average molecular weight is 272 g/mol. The van der Waals surface area contributed by atoms with Crippen LogP contribution in [0.1, 0.15) is 12.1 Å². The summed E-state index contributed by atoms with van der Waals surface area (Å²) in [6, 6.07) is 10.3. The van der Waals surface area contributed by atoms with Gasteiger partial charge in [0, 0.05) is 31.9 Å². The molecule has 0 saturated carbocycles. The van der Waals surface area contributed by atoms with Gasteiger partial charge >= 0.3 is 0 Å². The van der Waals surface area contributed by atoms with Gasteiger partial charge in [0.2, 0.25) is 0 Å². The monoisotopic (exact) mass is 272 g/mol. The van der Waals surface area contributed by atoms with Crippen LogP contribution in [-0.4, -0.2) is 40.9 Å². The van der Waals surface area contributed by atoms with E-state index in [1.54, 1.807) is 7.11 Å². The molecule has 20 heavy (non-hydrogen) atoms. The SMILES string of the molecule is COc1ccccc1-n1nccc1CN1CCC(N)C1. The highest BCUT2D eigenvalue weighted by Crippen LogP contribution is 2.23. The molecule has 1 aliphatic heterocycles. The summed E-state index contributed by atoms with van der Waals surface area (Å²) in [6.07, 6.45) is 2.90. The Morgan fingerprint density at radius 1 is 1.35 bits per heavy atom. The maximum Gasteiger partial charge on any atom is 0.144 e. The molecule has 106 valence electrons. The lowest BCUT2D eigenvalue weighted by molar-refractivity contribution is 0.319. The number of nitrogens with zero attached hydrogens (tertiary/aromatic N) is 3. The minimum atomic E-state index is 0.303. The Hall–Kier alpha value is -1.85. The Morgan fingerprint density at radius 2 is 2.20 bits per heavy atom. The maximum absolute atomic E-state index is 5.96. The summed E-state index contributed by atoms with van der Waals surface area (Å²) in [4.78, 5) is 2.37. The number of ether oxygens (including phenoxy) is 1. The largest absolute Gasteiger partial charge is 0.494 e. The fourth-order valence-corrected chi connectivity index (χ4v) is 2.71. The highest BCUT2D eigenvalue weighted by Gasteiger charge is 2.20. The first kappa shape index (κ1) is 13.1. The third kappa shape index (κ3) is 2.55. The smallest absolute Gasteiger partial charge is 0.144 e. The first-order valence-corrected chi connectivity index (χ1v) is 6.92. The fourth-order valence-electron chi connectivity index (χ4n) is 2.71. The Bertz CT molecular complexity index is 581. The van der Waals surface area contributed by atoms with Crippen molar-refractivity contribution in [1.82, 2.24) is 14.7 Å². The Morgan fingerprint density at radius 3 is 2.95 bits per heavy atom. The van der Waals surface area contributed by atoms with E-state index in [1.807, 2.05) is 35.1 Å². The van der Waals surface area contributed by atoms with Crippen molar-refractivity contribution in [2.24, 2.45) is 5.73 Å². The molecule has 1 unspecified atom stereocenters. The topological polar surface area (TPSA) is 56.3 Å². The van der Waals surface area contributed by atoms with Crippen LogP contribution >= 0.6 is 0 Å². The number of rotatable bonds is 4. The van der Waals surface area contributed by atoms with Crippen LogP contribution in [0.5, 0.6) is 5.75 Å². The van der Waals surface area contributed by atoms with Crippen molar-refractivity contribution < 1.29 is 4.74 Å². The minimum absolute atomic E-state index is 0.303. The molecule has 5 heteroatoms. The number of likely N-dealkylation sites (tertiary alicyclic amines) is 1. The summed E-state index contributed by atoms with van der Waals surface area (Å²) in [5, 5.41) is 4.43. The van der Waals surface area contributed by atoms with Crippen molar-refractivity contribution in [3.05, 3.63) is 42.2 Å². The molecular weight excluding hydrogens is 252 g/mol. The quantitative estimate of drug-likeness (QED) is 0.914. The molecule has 0 spiro atoms. The standard InChI is InChI=1S/C15H20N4O/c1-20-15-5-3-2-4-14(15)19-13(6-8-17-19)11-18-9-7-12(16)10-18/h2-6,8,12H,7,9-11,16H2,1H3. The fraction of sp³-hybridized carbons (Fsp3) is 0.400. The molecule has 2 aromatic rings. The highest BCUT2D eigenvalue weighted by molar-refractivity contribution is 5.46. The zero-order chi connectivity index (χ0) is 13.9. The summed E-state index contributed by atoms with van der Waals surface area (Å²) in [5.74, 6) is 0.829. The summed E-state index contributed by atoms with van der Waals surface area (Å²) in [6.45, 7) is 2.88. The van der Waals surface area contributed by atoms with Crippen molar-refractivity contribution in [2.75, 3.05) is 20.2 Å². The molecule has 3 rings (SSSR count). The number of hydrogen-bond donors (Lipinski definition) is 1. The number of aromatic nitrogens is 2. The molecule has 1 fully saturated rings. The first-order chi connectivity index (χ1) is 9.78. The molecule has 1 aromatic carbocycles. The van der Waals surface area contributed by atoms with Crippen molar-refractivity contribution in [3.8, 4) is 11.4 Å². The minimum Gasteiger partial charge on any atom is -0.494 e. The van der Waals surface area contributed by atoms with E-state index in [-0.39, 0.29) is 0 Å². The van der Waals surface area contributed by atoms with Gasteiger partial charge in [0.1, 0.15) is 11.4 Å². The van der Waals surface area contributed by atoms with Crippen molar-refractivity contribution in [1.29, 1.82) is 0 Å². The molecule has 0 bridgehead atoms. The van der Waals surface area contributed by atoms with Gasteiger partial charge < -0.3 is 10.5 Å². The van der Waals surface area contributed by atoms with Crippen molar-refractivity contribution >= 4 is 0 Å². The van der Waals surface area contributed by atoms with E-state index in [0.717, 1.165) is 43.2 Å². The van der Waals surface area contributed by atoms with Crippen LogP contribution in [-0.2, 0) is 6.54 Å². The molecule has 2 N–H and O–H groups in total. The van der Waals surface area contributed by atoms with Gasteiger partial charge in [-0.05, 0) is 24.6 Å². The molecule has 1 aromatic heterocycles. The second-order valence-electron chi connectivity index (χ2n) is 5.19. The number of hydrogen-bond acceptors (Lipinski definition) is 4. The molecule has 1 saturated heterocycles. The van der Waals surface area contributed by atoms with E-state index in [0.29, 0.717) is 6.04 Å². The second kappa shape index (κ2) is 5.64. The number of methoxy groups -OCH3 is 1. The molecule has 2 heterocycles. The highest BCUT2D eigenvalue weighted by atomic mass is 16.5. The van der Waals surface area contributed by atoms with Crippen molar-refractivity contribution in [3.63, 3.8) is 0 Å². The lowest BCUT2D eigenvalue weighted by Gasteiger charge is -2.17. The van der Waals surface area contributed by atoms with Gasteiger partial charge in [-0.15, -0.1) is 0 Å². The molecule has 1 atom stereocenters. The van der Waals surface area contributed by atoms with Gasteiger partial charge in [0.25, 0.3) is 0 Å². The van der Waals surface area contributed by atoms with Gasteiger partial charge in [-0.1, -0.05) is 12.1 Å². The summed E-state index contributed by atoms with van der Waals surface area (Å²) in [7, 11) is 1.68. The first-order valence-electron chi connectivity index (χ1n) is 6.92. The molecule has 0 amide bonds. The molecule has 0 radical (unpaired) electrons. The second-order valence-corrected chi connectivity index (χ2v) is 5.19. The molecular formula is C15H20N4O. The normalized spacial score (nSPS) is 19.4. The van der Waals surface area contributed by atoms with Crippen LogP contribution in [0, 0.1) is 0 Å². The van der Waals surface area contributed by atoms with Crippen LogP contribution in [0.4, 0.5) is 0 Å². The van der Waals surface area contributed by atoms with E-state index < -0.39 is 0 Å². The summed E-state index contributed by atoms with van der Waals surface area (Å²) >= 11 is 0. The Balaban J connectivity index is 1.86.